The van der Waals surface area contributed by atoms with Crippen molar-refractivity contribution >= 4 is 17.5 Å². The van der Waals surface area contributed by atoms with Gasteiger partial charge in [0.1, 0.15) is 12.1 Å². The van der Waals surface area contributed by atoms with E-state index in [1.165, 1.54) is 11.1 Å². The minimum atomic E-state index is -0.0910. The van der Waals surface area contributed by atoms with Gasteiger partial charge in [-0.05, 0) is 37.1 Å². The number of aromatic nitrogens is 3. The highest BCUT2D eigenvalue weighted by atomic mass is 35.5. The number of nitrogens with zero attached hydrogens (tertiary/aromatic N) is 3. The Morgan fingerprint density at radius 3 is 2.79 bits per heavy atom. The van der Waals surface area contributed by atoms with Crippen LogP contribution in [-0.2, 0) is 0 Å². The molecule has 5 nitrogen and oxygen atoms in total. The third-order valence-corrected chi connectivity index (χ3v) is 4.69. The van der Waals surface area contributed by atoms with E-state index in [4.69, 9.17) is 11.6 Å². The Morgan fingerprint density at radius 2 is 2.00 bits per heavy atom. The number of fused-ring (bicyclic) bond motifs is 1. The number of nitrogens with one attached hydrogen (secondary N) is 1. The molecule has 0 radical (unpaired) electrons. The summed E-state index contributed by atoms with van der Waals surface area (Å²) < 4.78 is 1.89. The number of hydrogen-bond acceptors (Lipinski definition) is 4. The fraction of sp³-hybridized carbons (Fsp3) is 0.222. The molecule has 1 aromatic heterocycles. The van der Waals surface area contributed by atoms with E-state index in [0.717, 1.165) is 12.0 Å². The van der Waals surface area contributed by atoms with Gasteiger partial charge in [0, 0.05) is 10.6 Å². The van der Waals surface area contributed by atoms with Crippen LogP contribution in [0.2, 0.25) is 5.02 Å². The molecule has 0 amide bonds. The molecular formula is C18H17ClN4O. The minimum Gasteiger partial charge on any atom is -0.508 e. The quantitative estimate of drug-likeness (QED) is 0.737. The number of hydrogen-bond donors (Lipinski definition) is 2. The lowest BCUT2D eigenvalue weighted by Crippen LogP contribution is -2.28. The molecule has 0 saturated heterocycles. The molecule has 3 aromatic rings. The highest BCUT2D eigenvalue weighted by molar-refractivity contribution is 6.30. The summed E-state index contributed by atoms with van der Waals surface area (Å²) in [7, 11) is 0. The van der Waals surface area contributed by atoms with Crippen molar-refractivity contribution in [1.29, 1.82) is 0 Å². The van der Waals surface area contributed by atoms with Gasteiger partial charge in [0.05, 0.1) is 12.1 Å². The van der Waals surface area contributed by atoms with Crippen molar-refractivity contribution in [3.8, 4) is 5.75 Å². The molecule has 0 bridgehead atoms. The van der Waals surface area contributed by atoms with E-state index in [1.807, 2.05) is 4.68 Å². The Bertz CT molecular complexity index is 875. The monoisotopic (exact) mass is 340 g/mol. The molecule has 6 heteroatoms. The number of aryl methyl sites for hydroxylation is 1. The molecule has 0 saturated carbocycles. The van der Waals surface area contributed by atoms with Crippen LogP contribution in [0.15, 0.2) is 48.8 Å². The molecule has 2 atom stereocenters. The Morgan fingerprint density at radius 1 is 1.21 bits per heavy atom. The summed E-state index contributed by atoms with van der Waals surface area (Å²) in [5, 5.41) is 18.5. The van der Waals surface area contributed by atoms with Gasteiger partial charge in [0.25, 0.3) is 0 Å². The number of aromatic hydroxyl groups is 1. The molecule has 0 spiro atoms. The summed E-state index contributed by atoms with van der Waals surface area (Å²) in [6.45, 7) is 2.07. The van der Waals surface area contributed by atoms with Gasteiger partial charge in [-0.15, -0.1) is 0 Å². The van der Waals surface area contributed by atoms with Crippen molar-refractivity contribution in [1.82, 2.24) is 14.8 Å². The maximum absolute atomic E-state index is 10.2. The van der Waals surface area contributed by atoms with Crippen LogP contribution in [0.25, 0.3) is 0 Å². The van der Waals surface area contributed by atoms with E-state index in [2.05, 4.69) is 46.6 Å². The van der Waals surface area contributed by atoms with Crippen LogP contribution in [0.3, 0.4) is 0 Å². The maximum atomic E-state index is 10.2. The number of anilines is 1. The van der Waals surface area contributed by atoms with Crippen LogP contribution in [0.4, 0.5) is 5.95 Å². The molecule has 0 unspecified atom stereocenters. The smallest absolute Gasteiger partial charge is 0.222 e. The van der Waals surface area contributed by atoms with Crippen LogP contribution in [0.5, 0.6) is 5.75 Å². The third kappa shape index (κ3) is 2.61. The molecule has 2 N–H and O–H groups in total. The van der Waals surface area contributed by atoms with Gasteiger partial charge in [0.2, 0.25) is 5.95 Å². The second-order valence-corrected chi connectivity index (χ2v) is 6.53. The first kappa shape index (κ1) is 15.0. The highest BCUT2D eigenvalue weighted by Gasteiger charge is 2.31. The topological polar surface area (TPSA) is 63.0 Å². The molecule has 2 heterocycles. The second kappa shape index (κ2) is 5.83. The van der Waals surface area contributed by atoms with Crippen LogP contribution >= 0.6 is 11.6 Å². The van der Waals surface area contributed by atoms with E-state index in [-0.39, 0.29) is 17.8 Å². The van der Waals surface area contributed by atoms with Gasteiger partial charge in [-0.2, -0.15) is 10.1 Å². The molecule has 4 rings (SSSR count). The van der Waals surface area contributed by atoms with E-state index in [1.54, 1.807) is 24.5 Å². The normalized spacial score (nSPS) is 19.6. The Kier molecular flexibility index (Phi) is 3.65. The van der Waals surface area contributed by atoms with Crippen LogP contribution < -0.4 is 5.32 Å². The average molecular weight is 341 g/mol. The first-order valence-electron chi connectivity index (χ1n) is 7.83. The van der Waals surface area contributed by atoms with Crippen LogP contribution in [-0.4, -0.2) is 19.9 Å². The number of phenolic OH excluding ortho intramolecular Hbond substituents is 1. The minimum absolute atomic E-state index is 0.0488. The van der Waals surface area contributed by atoms with Gasteiger partial charge >= 0.3 is 0 Å². The zero-order valence-electron chi connectivity index (χ0n) is 13.1. The summed E-state index contributed by atoms with van der Waals surface area (Å²) in [5.74, 6) is 0.920. The third-order valence-electron chi connectivity index (χ3n) is 4.46. The van der Waals surface area contributed by atoms with Gasteiger partial charge in [-0.3, -0.25) is 0 Å². The van der Waals surface area contributed by atoms with E-state index in [9.17, 15) is 5.11 Å². The first-order valence-corrected chi connectivity index (χ1v) is 8.20. The summed E-state index contributed by atoms with van der Waals surface area (Å²) in [6.07, 6.45) is 2.29. The van der Waals surface area contributed by atoms with Crippen molar-refractivity contribution in [3.05, 3.63) is 70.5 Å². The van der Waals surface area contributed by atoms with Crippen molar-refractivity contribution in [2.24, 2.45) is 0 Å². The zero-order valence-corrected chi connectivity index (χ0v) is 13.9. The van der Waals surface area contributed by atoms with Crippen LogP contribution in [0.1, 0.15) is 35.2 Å². The lowest BCUT2D eigenvalue weighted by Gasteiger charge is -2.32. The fourth-order valence-corrected chi connectivity index (χ4v) is 3.37. The lowest BCUT2D eigenvalue weighted by molar-refractivity contribution is 0.414. The van der Waals surface area contributed by atoms with Crippen molar-refractivity contribution in [2.75, 3.05) is 5.32 Å². The fourth-order valence-electron chi connectivity index (χ4n) is 3.19. The molecule has 24 heavy (non-hydrogen) atoms. The molecule has 1 aliphatic heterocycles. The molecule has 0 fully saturated rings. The largest absolute Gasteiger partial charge is 0.508 e. The summed E-state index contributed by atoms with van der Waals surface area (Å²) in [5.41, 5.74) is 3.16. The van der Waals surface area contributed by atoms with Gasteiger partial charge in [-0.1, -0.05) is 41.4 Å². The summed E-state index contributed by atoms with van der Waals surface area (Å²) in [4.78, 5) is 4.30. The molecule has 0 aliphatic carbocycles. The Labute approximate surface area is 144 Å². The Hall–Kier alpha value is -2.53. The standard InChI is InChI=1S/C18H17ClN4O/c1-11-2-4-12(5-3-11)16-9-15(22-18-20-10-21-23(16)18)14-8-13(19)6-7-17(14)24/h2-8,10,15-16,24H,9H2,1H3,(H,20,21,22)/t15-,16+/m1/s1. The number of halogens is 1. The summed E-state index contributed by atoms with van der Waals surface area (Å²) in [6, 6.07) is 13.5. The maximum Gasteiger partial charge on any atom is 0.222 e. The van der Waals surface area contributed by atoms with E-state index < -0.39 is 0 Å². The van der Waals surface area contributed by atoms with Crippen molar-refractivity contribution in [3.63, 3.8) is 0 Å². The summed E-state index contributed by atoms with van der Waals surface area (Å²) >= 11 is 6.11. The predicted octanol–water partition coefficient (Wildman–Crippen LogP) is 4.09. The number of phenols is 1. The molecular weight excluding hydrogens is 324 g/mol. The second-order valence-electron chi connectivity index (χ2n) is 6.09. The van der Waals surface area contributed by atoms with E-state index in [0.29, 0.717) is 11.0 Å². The molecule has 122 valence electrons. The SMILES string of the molecule is Cc1ccc([C@@H]2C[C@H](c3cc(Cl)ccc3O)Nc3ncnn32)cc1. The predicted molar refractivity (Wildman–Crippen MR) is 93.4 cm³/mol. The number of rotatable bonds is 2. The molecule has 2 aromatic carbocycles. The highest BCUT2D eigenvalue weighted by Crippen LogP contribution is 2.40. The Balaban J connectivity index is 1.76. The van der Waals surface area contributed by atoms with Gasteiger partial charge in [-0.25, -0.2) is 4.68 Å². The van der Waals surface area contributed by atoms with E-state index >= 15 is 0 Å². The lowest BCUT2D eigenvalue weighted by atomic mass is 9.92. The van der Waals surface area contributed by atoms with Gasteiger partial charge < -0.3 is 10.4 Å². The number of benzene rings is 2. The van der Waals surface area contributed by atoms with Crippen molar-refractivity contribution in [2.45, 2.75) is 25.4 Å². The van der Waals surface area contributed by atoms with Gasteiger partial charge in [0.15, 0.2) is 0 Å². The average Bonchev–Trinajstić information content (AvgIpc) is 3.05. The molecule has 1 aliphatic rings. The van der Waals surface area contributed by atoms with Crippen molar-refractivity contribution < 1.29 is 5.11 Å². The first-order chi connectivity index (χ1) is 11.6. The van der Waals surface area contributed by atoms with Crippen LogP contribution in [0, 0.1) is 6.92 Å². The zero-order chi connectivity index (χ0) is 16.7.